The topological polar surface area (TPSA) is 12.0 Å². The zero-order chi connectivity index (χ0) is 12.3. The van der Waals surface area contributed by atoms with Gasteiger partial charge in [-0.3, -0.25) is 0 Å². The lowest BCUT2D eigenvalue weighted by Gasteiger charge is -2.16. The van der Waals surface area contributed by atoms with Crippen LogP contribution < -0.4 is 5.32 Å². The van der Waals surface area contributed by atoms with E-state index >= 15 is 0 Å². The van der Waals surface area contributed by atoms with Crippen LogP contribution in [0.15, 0.2) is 18.2 Å². The molecular formula is C15H22FN. The van der Waals surface area contributed by atoms with Crippen molar-refractivity contribution in [3.63, 3.8) is 0 Å². The molecular weight excluding hydrogens is 213 g/mol. The minimum Gasteiger partial charge on any atom is -0.310 e. The summed E-state index contributed by atoms with van der Waals surface area (Å²) in [5.74, 6) is 0.338. The Labute approximate surface area is 103 Å². The highest BCUT2D eigenvalue weighted by molar-refractivity contribution is 5.29. The Hall–Kier alpha value is -0.890. The zero-order valence-electron chi connectivity index (χ0n) is 10.8. The number of hydrogen-bond acceptors (Lipinski definition) is 1. The van der Waals surface area contributed by atoms with E-state index in [0.29, 0.717) is 12.0 Å². The van der Waals surface area contributed by atoms with Gasteiger partial charge in [-0.15, -0.1) is 0 Å². The number of halogens is 1. The van der Waals surface area contributed by atoms with Crippen LogP contribution in [0.1, 0.15) is 62.6 Å². The molecule has 1 unspecified atom stereocenters. The molecule has 0 spiro atoms. The first-order valence-corrected chi connectivity index (χ1v) is 6.79. The van der Waals surface area contributed by atoms with Gasteiger partial charge in [-0.25, -0.2) is 4.39 Å². The van der Waals surface area contributed by atoms with Crippen molar-refractivity contribution >= 4 is 0 Å². The minimum absolute atomic E-state index is 0.0232. The van der Waals surface area contributed by atoms with E-state index in [0.717, 1.165) is 36.9 Å². The minimum atomic E-state index is -0.0232. The standard InChI is InChI=1S/C15H22FN/c1-3-11(4-2)13-8-7-12(10-14(13)16)15-6-5-9-17-15/h7-8,10-11,15,17H,3-6,9H2,1-2H3. The van der Waals surface area contributed by atoms with E-state index < -0.39 is 0 Å². The van der Waals surface area contributed by atoms with Gasteiger partial charge < -0.3 is 5.32 Å². The van der Waals surface area contributed by atoms with Gasteiger partial charge in [-0.05, 0) is 55.3 Å². The highest BCUT2D eigenvalue weighted by atomic mass is 19.1. The average Bonchev–Trinajstić information content (AvgIpc) is 2.86. The first kappa shape index (κ1) is 12.6. The van der Waals surface area contributed by atoms with E-state index in [1.807, 2.05) is 6.07 Å². The third-order valence-electron chi connectivity index (χ3n) is 3.91. The largest absolute Gasteiger partial charge is 0.310 e. The Morgan fingerprint density at radius 2 is 2.12 bits per heavy atom. The molecule has 0 aliphatic carbocycles. The van der Waals surface area contributed by atoms with Gasteiger partial charge in [0.25, 0.3) is 0 Å². The molecule has 17 heavy (non-hydrogen) atoms. The molecule has 0 amide bonds. The van der Waals surface area contributed by atoms with Crippen LogP contribution in [-0.2, 0) is 0 Å². The fraction of sp³-hybridized carbons (Fsp3) is 0.600. The maximum absolute atomic E-state index is 14.1. The van der Waals surface area contributed by atoms with E-state index in [4.69, 9.17) is 0 Å². The van der Waals surface area contributed by atoms with E-state index in [1.54, 1.807) is 6.07 Å². The van der Waals surface area contributed by atoms with Crippen LogP contribution in [0, 0.1) is 5.82 Å². The summed E-state index contributed by atoms with van der Waals surface area (Å²) in [6.45, 7) is 5.31. The van der Waals surface area contributed by atoms with Crippen LogP contribution in [0.25, 0.3) is 0 Å². The van der Waals surface area contributed by atoms with Crippen LogP contribution in [0.3, 0.4) is 0 Å². The summed E-state index contributed by atoms with van der Waals surface area (Å²) in [5.41, 5.74) is 1.99. The molecule has 1 N–H and O–H groups in total. The Morgan fingerprint density at radius 1 is 1.35 bits per heavy atom. The van der Waals surface area contributed by atoms with Crippen molar-refractivity contribution < 1.29 is 4.39 Å². The predicted molar refractivity (Wildman–Crippen MR) is 69.7 cm³/mol. The van der Waals surface area contributed by atoms with Crippen LogP contribution >= 0.6 is 0 Å². The van der Waals surface area contributed by atoms with Crippen molar-refractivity contribution in [2.45, 2.75) is 51.5 Å². The Morgan fingerprint density at radius 3 is 2.65 bits per heavy atom. The normalized spacial score (nSPS) is 20.1. The molecule has 1 aliphatic rings. The number of benzene rings is 1. The third-order valence-corrected chi connectivity index (χ3v) is 3.91. The van der Waals surface area contributed by atoms with Gasteiger partial charge in [0, 0.05) is 6.04 Å². The summed E-state index contributed by atoms with van der Waals surface area (Å²) in [4.78, 5) is 0. The molecule has 1 fully saturated rings. The molecule has 2 heteroatoms. The molecule has 2 rings (SSSR count). The van der Waals surface area contributed by atoms with Gasteiger partial charge in [-0.1, -0.05) is 26.0 Å². The average molecular weight is 235 g/mol. The van der Waals surface area contributed by atoms with E-state index in [-0.39, 0.29) is 5.82 Å². The van der Waals surface area contributed by atoms with Gasteiger partial charge in [0.15, 0.2) is 0 Å². The van der Waals surface area contributed by atoms with E-state index in [2.05, 4.69) is 25.2 Å². The fourth-order valence-electron chi connectivity index (χ4n) is 2.79. The molecule has 1 aromatic carbocycles. The molecule has 1 aliphatic heterocycles. The van der Waals surface area contributed by atoms with Gasteiger partial charge in [0.05, 0.1) is 0 Å². The lowest BCUT2D eigenvalue weighted by Crippen LogP contribution is -2.13. The first-order valence-electron chi connectivity index (χ1n) is 6.79. The van der Waals surface area contributed by atoms with Crippen molar-refractivity contribution in [2.24, 2.45) is 0 Å². The van der Waals surface area contributed by atoms with Gasteiger partial charge in [-0.2, -0.15) is 0 Å². The Balaban J connectivity index is 2.21. The third kappa shape index (κ3) is 2.68. The summed E-state index contributed by atoms with van der Waals surface area (Å²) in [6, 6.07) is 6.18. The summed E-state index contributed by atoms with van der Waals surface area (Å²) in [7, 11) is 0. The van der Waals surface area contributed by atoms with Crippen LogP contribution in [-0.4, -0.2) is 6.54 Å². The lowest BCUT2D eigenvalue weighted by atomic mass is 9.91. The maximum Gasteiger partial charge on any atom is 0.127 e. The highest BCUT2D eigenvalue weighted by Gasteiger charge is 2.19. The molecule has 1 saturated heterocycles. The van der Waals surface area contributed by atoms with Crippen molar-refractivity contribution in [1.29, 1.82) is 0 Å². The fourth-order valence-corrected chi connectivity index (χ4v) is 2.79. The second-order valence-corrected chi connectivity index (χ2v) is 4.94. The molecule has 1 nitrogen and oxygen atoms in total. The Bertz CT molecular complexity index is 365. The van der Waals surface area contributed by atoms with Crippen molar-refractivity contribution in [1.82, 2.24) is 5.32 Å². The number of rotatable bonds is 4. The van der Waals surface area contributed by atoms with Gasteiger partial charge in [0.1, 0.15) is 5.82 Å². The monoisotopic (exact) mass is 235 g/mol. The molecule has 1 atom stereocenters. The van der Waals surface area contributed by atoms with E-state index in [9.17, 15) is 4.39 Å². The predicted octanol–water partition coefficient (Wildman–Crippen LogP) is 4.15. The van der Waals surface area contributed by atoms with Crippen LogP contribution in [0.2, 0.25) is 0 Å². The summed E-state index contributed by atoms with van der Waals surface area (Å²) in [5, 5.41) is 3.41. The molecule has 94 valence electrons. The quantitative estimate of drug-likeness (QED) is 0.826. The first-order chi connectivity index (χ1) is 8.26. The van der Waals surface area contributed by atoms with Crippen molar-refractivity contribution in [3.8, 4) is 0 Å². The molecule has 0 saturated carbocycles. The second-order valence-electron chi connectivity index (χ2n) is 4.94. The van der Waals surface area contributed by atoms with Crippen molar-refractivity contribution in [2.75, 3.05) is 6.54 Å². The Kier molecular flexibility index (Phi) is 4.16. The molecule has 0 bridgehead atoms. The molecule has 0 radical (unpaired) electrons. The summed E-state index contributed by atoms with van der Waals surface area (Å²) < 4.78 is 14.1. The zero-order valence-corrected chi connectivity index (χ0v) is 10.8. The van der Waals surface area contributed by atoms with Crippen LogP contribution in [0.5, 0.6) is 0 Å². The van der Waals surface area contributed by atoms with Gasteiger partial charge >= 0.3 is 0 Å². The molecule has 1 aromatic rings. The summed E-state index contributed by atoms with van der Waals surface area (Å²) in [6.07, 6.45) is 4.34. The lowest BCUT2D eigenvalue weighted by molar-refractivity contribution is 0.551. The molecule has 1 heterocycles. The maximum atomic E-state index is 14.1. The van der Waals surface area contributed by atoms with E-state index in [1.165, 1.54) is 6.42 Å². The number of nitrogens with one attached hydrogen (secondary N) is 1. The van der Waals surface area contributed by atoms with Crippen LogP contribution in [0.4, 0.5) is 4.39 Å². The number of hydrogen-bond donors (Lipinski definition) is 1. The second kappa shape index (κ2) is 5.63. The highest BCUT2D eigenvalue weighted by Crippen LogP contribution is 2.29. The van der Waals surface area contributed by atoms with Gasteiger partial charge in [0.2, 0.25) is 0 Å². The summed E-state index contributed by atoms with van der Waals surface area (Å²) >= 11 is 0. The molecule has 0 aromatic heterocycles. The van der Waals surface area contributed by atoms with Crippen molar-refractivity contribution in [3.05, 3.63) is 35.1 Å². The smallest absolute Gasteiger partial charge is 0.127 e. The SMILES string of the molecule is CCC(CC)c1ccc(C2CCCN2)cc1F.